The topological polar surface area (TPSA) is 37.2 Å². The molecule has 0 amide bonds. The summed E-state index contributed by atoms with van der Waals surface area (Å²) in [5, 5.41) is 13.7. The molecule has 0 saturated carbocycles. The minimum absolute atomic E-state index is 0.205. The maximum absolute atomic E-state index is 9.85. The van der Waals surface area contributed by atoms with Crippen LogP contribution in [0.1, 0.15) is 5.56 Å². The molecule has 3 rings (SSSR count). The van der Waals surface area contributed by atoms with Crippen molar-refractivity contribution in [2.75, 3.05) is 5.32 Å². The Morgan fingerprint density at radius 1 is 1.00 bits per heavy atom. The fourth-order valence-electron chi connectivity index (χ4n) is 2.20. The number of hydrogen-bond acceptors (Lipinski definition) is 2. The Bertz CT molecular complexity index is 718. The lowest BCUT2D eigenvalue weighted by molar-refractivity contribution is 0.469. The van der Waals surface area contributed by atoms with Gasteiger partial charge in [-0.1, -0.05) is 23.7 Å². The lowest BCUT2D eigenvalue weighted by atomic mass is 10.2. The van der Waals surface area contributed by atoms with E-state index in [-0.39, 0.29) is 5.75 Å². The van der Waals surface area contributed by atoms with Crippen molar-refractivity contribution in [2.45, 2.75) is 6.54 Å². The number of hydrogen-bond donors (Lipinski definition) is 2. The molecule has 1 aromatic heterocycles. The van der Waals surface area contributed by atoms with E-state index in [1.165, 1.54) is 0 Å². The van der Waals surface area contributed by atoms with Crippen molar-refractivity contribution < 1.29 is 5.11 Å². The van der Waals surface area contributed by atoms with E-state index >= 15 is 0 Å². The predicted molar refractivity (Wildman–Crippen MR) is 86.2 cm³/mol. The molecule has 0 fully saturated rings. The molecule has 3 nitrogen and oxygen atoms in total. The number of phenols is 1. The maximum Gasteiger partial charge on any atom is 0.122 e. The summed E-state index contributed by atoms with van der Waals surface area (Å²) in [4.78, 5) is 0. The Hall–Kier alpha value is -2.39. The lowest BCUT2D eigenvalue weighted by Gasteiger charge is -2.11. The van der Waals surface area contributed by atoms with Crippen LogP contribution in [0.15, 0.2) is 67.0 Å². The van der Waals surface area contributed by atoms with Gasteiger partial charge in [-0.25, -0.2) is 0 Å². The van der Waals surface area contributed by atoms with Gasteiger partial charge in [0.25, 0.3) is 0 Å². The van der Waals surface area contributed by atoms with Crippen molar-refractivity contribution in [3.63, 3.8) is 0 Å². The second-order valence-corrected chi connectivity index (χ2v) is 5.14. The average Bonchev–Trinajstić information content (AvgIpc) is 3.01. The van der Waals surface area contributed by atoms with E-state index in [1.54, 1.807) is 18.2 Å². The molecule has 0 radical (unpaired) electrons. The average molecular weight is 299 g/mol. The van der Waals surface area contributed by atoms with Gasteiger partial charge in [0.2, 0.25) is 0 Å². The summed E-state index contributed by atoms with van der Waals surface area (Å²) in [6, 6.07) is 17.2. The van der Waals surface area contributed by atoms with Crippen LogP contribution in [-0.2, 0) is 6.54 Å². The molecule has 1 heterocycles. The second-order valence-electron chi connectivity index (χ2n) is 4.73. The quantitative estimate of drug-likeness (QED) is 0.747. The van der Waals surface area contributed by atoms with Crippen LogP contribution in [0.2, 0.25) is 5.02 Å². The lowest BCUT2D eigenvalue weighted by Crippen LogP contribution is -2.01. The first-order valence-corrected chi connectivity index (χ1v) is 7.05. The van der Waals surface area contributed by atoms with Gasteiger partial charge < -0.3 is 15.0 Å². The second kappa shape index (κ2) is 5.94. The van der Waals surface area contributed by atoms with E-state index in [0.29, 0.717) is 17.1 Å². The van der Waals surface area contributed by atoms with E-state index in [4.69, 9.17) is 11.6 Å². The SMILES string of the molecule is Oc1cccc(Cl)c1CNc1cccc(-n2cccc2)c1. The maximum atomic E-state index is 9.85. The van der Waals surface area contributed by atoms with Crippen molar-refractivity contribution in [2.24, 2.45) is 0 Å². The number of phenolic OH excluding ortho intramolecular Hbond substituents is 1. The van der Waals surface area contributed by atoms with Gasteiger partial charge in [-0.15, -0.1) is 0 Å². The van der Waals surface area contributed by atoms with E-state index < -0.39 is 0 Å². The van der Waals surface area contributed by atoms with Gasteiger partial charge in [0.05, 0.1) is 0 Å². The van der Waals surface area contributed by atoms with Crippen molar-refractivity contribution in [3.05, 3.63) is 77.6 Å². The van der Waals surface area contributed by atoms with Crippen LogP contribution in [0.3, 0.4) is 0 Å². The molecule has 0 unspecified atom stereocenters. The standard InChI is InChI=1S/C17H15ClN2O/c18-16-7-4-8-17(21)15(16)12-19-13-5-3-6-14(11-13)20-9-1-2-10-20/h1-11,19,21H,12H2. The fourth-order valence-corrected chi connectivity index (χ4v) is 2.43. The van der Waals surface area contributed by atoms with Crippen LogP contribution < -0.4 is 5.32 Å². The van der Waals surface area contributed by atoms with E-state index in [1.807, 2.05) is 53.4 Å². The molecule has 0 aliphatic heterocycles. The Morgan fingerprint density at radius 2 is 1.76 bits per heavy atom. The summed E-state index contributed by atoms with van der Waals surface area (Å²) >= 11 is 6.10. The molecule has 2 aromatic carbocycles. The third-order valence-corrected chi connectivity index (χ3v) is 3.67. The Morgan fingerprint density at radius 3 is 2.52 bits per heavy atom. The molecule has 0 aliphatic rings. The molecule has 21 heavy (non-hydrogen) atoms. The minimum atomic E-state index is 0.205. The van der Waals surface area contributed by atoms with Crippen LogP contribution in [0, 0.1) is 0 Å². The summed E-state index contributed by atoms with van der Waals surface area (Å²) in [5.41, 5.74) is 2.75. The predicted octanol–water partition coefficient (Wildman–Crippen LogP) is 4.45. The normalized spacial score (nSPS) is 10.5. The monoisotopic (exact) mass is 298 g/mol. The number of nitrogens with zero attached hydrogens (tertiary/aromatic N) is 1. The first kappa shape index (κ1) is 13.6. The highest BCUT2D eigenvalue weighted by Crippen LogP contribution is 2.26. The van der Waals surface area contributed by atoms with Crippen LogP contribution >= 0.6 is 11.6 Å². The van der Waals surface area contributed by atoms with Crippen molar-refractivity contribution in [1.82, 2.24) is 4.57 Å². The van der Waals surface area contributed by atoms with Crippen molar-refractivity contribution in [1.29, 1.82) is 0 Å². The molecule has 0 bridgehead atoms. The third-order valence-electron chi connectivity index (χ3n) is 3.31. The number of benzene rings is 2. The largest absolute Gasteiger partial charge is 0.508 e. The zero-order valence-corrected chi connectivity index (χ0v) is 12.1. The van der Waals surface area contributed by atoms with Gasteiger partial charge in [0.15, 0.2) is 0 Å². The van der Waals surface area contributed by atoms with E-state index in [2.05, 4.69) is 5.32 Å². The summed E-state index contributed by atoms with van der Waals surface area (Å²) in [7, 11) is 0. The number of anilines is 1. The molecular formula is C17H15ClN2O. The molecule has 4 heteroatoms. The molecule has 0 saturated heterocycles. The smallest absolute Gasteiger partial charge is 0.122 e. The molecule has 106 valence electrons. The first-order chi connectivity index (χ1) is 10.2. The number of nitrogens with one attached hydrogen (secondary N) is 1. The summed E-state index contributed by atoms with van der Waals surface area (Å²) < 4.78 is 2.04. The van der Waals surface area contributed by atoms with E-state index in [0.717, 1.165) is 11.4 Å². The highest BCUT2D eigenvalue weighted by atomic mass is 35.5. The van der Waals surface area contributed by atoms with E-state index in [9.17, 15) is 5.11 Å². The van der Waals surface area contributed by atoms with Crippen LogP contribution in [-0.4, -0.2) is 9.67 Å². The fraction of sp³-hybridized carbons (Fsp3) is 0.0588. The minimum Gasteiger partial charge on any atom is -0.508 e. The summed E-state index contributed by atoms with van der Waals surface area (Å²) in [6.45, 7) is 0.473. The van der Waals surface area contributed by atoms with Gasteiger partial charge >= 0.3 is 0 Å². The molecular weight excluding hydrogens is 284 g/mol. The molecule has 0 aliphatic carbocycles. The number of halogens is 1. The highest BCUT2D eigenvalue weighted by molar-refractivity contribution is 6.31. The first-order valence-electron chi connectivity index (χ1n) is 6.68. The Labute approximate surface area is 128 Å². The van der Waals surface area contributed by atoms with Gasteiger partial charge in [-0.2, -0.15) is 0 Å². The van der Waals surface area contributed by atoms with Crippen LogP contribution in [0.25, 0.3) is 5.69 Å². The zero-order chi connectivity index (χ0) is 14.7. The molecule has 3 aromatic rings. The number of rotatable bonds is 4. The zero-order valence-electron chi connectivity index (χ0n) is 11.3. The molecule has 0 spiro atoms. The van der Waals surface area contributed by atoms with Crippen molar-refractivity contribution >= 4 is 17.3 Å². The van der Waals surface area contributed by atoms with Gasteiger partial charge in [0.1, 0.15) is 5.75 Å². The summed E-state index contributed by atoms with van der Waals surface area (Å²) in [5.74, 6) is 0.205. The Balaban J connectivity index is 1.78. The number of aromatic hydroxyl groups is 1. The Kier molecular flexibility index (Phi) is 3.84. The van der Waals surface area contributed by atoms with Gasteiger partial charge in [0, 0.05) is 40.9 Å². The van der Waals surface area contributed by atoms with Crippen LogP contribution in [0.4, 0.5) is 5.69 Å². The van der Waals surface area contributed by atoms with Gasteiger partial charge in [-0.05, 0) is 42.5 Å². The summed E-state index contributed by atoms with van der Waals surface area (Å²) in [6.07, 6.45) is 4.00. The highest BCUT2D eigenvalue weighted by Gasteiger charge is 2.06. The number of aromatic nitrogens is 1. The molecule has 0 atom stereocenters. The van der Waals surface area contributed by atoms with Crippen molar-refractivity contribution in [3.8, 4) is 11.4 Å². The molecule has 2 N–H and O–H groups in total. The third kappa shape index (κ3) is 3.03. The van der Waals surface area contributed by atoms with Crippen LogP contribution in [0.5, 0.6) is 5.75 Å². The van der Waals surface area contributed by atoms with Gasteiger partial charge in [-0.3, -0.25) is 0 Å².